The lowest BCUT2D eigenvalue weighted by Crippen LogP contribution is -1.92. The molecule has 0 radical (unpaired) electrons. The molecule has 0 aliphatic heterocycles. The monoisotopic (exact) mass is 302 g/mol. The van der Waals surface area contributed by atoms with Crippen LogP contribution in [0.25, 0.3) is 11.3 Å². The Balaban J connectivity index is 1.77. The van der Waals surface area contributed by atoms with Gasteiger partial charge in [-0.15, -0.1) is 16.4 Å². The second kappa shape index (κ2) is 5.76. The number of hydrogen-bond donors (Lipinski definition) is 0. The van der Waals surface area contributed by atoms with E-state index in [2.05, 4.69) is 46.4 Å². The highest BCUT2D eigenvalue weighted by molar-refractivity contribution is 7.99. The Morgan fingerprint density at radius 1 is 1.20 bits per heavy atom. The van der Waals surface area contributed by atoms with E-state index in [0.29, 0.717) is 5.92 Å². The second-order valence-corrected chi connectivity index (χ2v) is 6.68. The highest BCUT2D eigenvalue weighted by Crippen LogP contribution is 2.28. The van der Waals surface area contributed by atoms with Crippen LogP contribution in [0.1, 0.15) is 25.6 Å². The van der Waals surface area contributed by atoms with Gasteiger partial charge in [-0.25, -0.2) is 9.97 Å². The standard InChI is InChI=1S/C14H14N4S2/c1-10(2)13-15-9-18(17-13)20-14-16-12(8-19-14)11-6-4-3-5-7-11/h3-10H,1-2H3. The summed E-state index contributed by atoms with van der Waals surface area (Å²) in [5.74, 6) is 1.20. The molecule has 4 nitrogen and oxygen atoms in total. The van der Waals surface area contributed by atoms with Crippen molar-refractivity contribution in [3.05, 3.63) is 47.9 Å². The molecule has 0 bridgehead atoms. The third kappa shape index (κ3) is 2.91. The molecule has 0 fully saturated rings. The van der Waals surface area contributed by atoms with Gasteiger partial charge >= 0.3 is 0 Å². The zero-order valence-electron chi connectivity index (χ0n) is 11.2. The molecular weight excluding hydrogens is 288 g/mol. The predicted molar refractivity (Wildman–Crippen MR) is 82.9 cm³/mol. The molecular formula is C14H14N4S2. The molecule has 1 aromatic carbocycles. The molecule has 2 heterocycles. The van der Waals surface area contributed by atoms with Crippen LogP contribution in [0.4, 0.5) is 0 Å². The van der Waals surface area contributed by atoms with Crippen LogP contribution in [0.3, 0.4) is 0 Å². The van der Waals surface area contributed by atoms with Crippen molar-refractivity contribution in [2.75, 3.05) is 0 Å². The quantitative estimate of drug-likeness (QED) is 0.728. The van der Waals surface area contributed by atoms with Crippen LogP contribution in [0, 0.1) is 0 Å². The van der Waals surface area contributed by atoms with Gasteiger partial charge in [0, 0.05) is 28.8 Å². The Labute approximate surface area is 126 Å². The van der Waals surface area contributed by atoms with E-state index in [1.807, 2.05) is 18.2 Å². The summed E-state index contributed by atoms with van der Waals surface area (Å²) in [7, 11) is 0. The molecule has 0 amide bonds. The van der Waals surface area contributed by atoms with Crippen LogP contribution in [0.15, 0.2) is 46.4 Å². The molecule has 3 aromatic rings. The predicted octanol–water partition coefficient (Wildman–Crippen LogP) is 4.08. The fourth-order valence-electron chi connectivity index (χ4n) is 1.69. The van der Waals surface area contributed by atoms with Gasteiger partial charge in [0.15, 0.2) is 10.2 Å². The van der Waals surface area contributed by atoms with Gasteiger partial charge in [-0.1, -0.05) is 44.2 Å². The first-order valence-electron chi connectivity index (χ1n) is 6.33. The molecule has 0 unspecified atom stereocenters. The summed E-state index contributed by atoms with van der Waals surface area (Å²) >= 11 is 3.11. The number of rotatable bonds is 4. The number of thiazole rings is 1. The van der Waals surface area contributed by atoms with Crippen molar-refractivity contribution < 1.29 is 0 Å². The maximum atomic E-state index is 4.62. The lowest BCUT2D eigenvalue weighted by atomic mass is 10.2. The SMILES string of the molecule is CC(C)c1ncn(Sc2nc(-c3ccccc3)cs2)n1. The van der Waals surface area contributed by atoms with E-state index in [9.17, 15) is 0 Å². The van der Waals surface area contributed by atoms with E-state index in [-0.39, 0.29) is 0 Å². The number of aromatic nitrogens is 4. The van der Waals surface area contributed by atoms with Gasteiger partial charge < -0.3 is 0 Å². The van der Waals surface area contributed by atoms with E-state index in [4.69, 9.17) is 0 Å². The fraction of sp³-hybridized carbons (Fsp3) is 0.214. The van der Waals surface area contributed by atoms with Crippen molar-refractivity contribution in [3.8, 4) is 11.3 Å². The molecule has 0 aliphatic carbocycles. The summed E-state index contributed by atoms with van der Waals surface area (Å²) in [6, 6.07) is 10.2. The van der Waals surface area contributed by atoms with Crippen LogP contribution in [0.5, 0.6) is 0 Å². The summed E-state index contributed by atoms with van der Waals surface area (Å²) in [5, 5.41) is 6.49. The summed E-state index contributed by atoms with van der Waals surface area (Å²) in [4.78, 5) is 8.91. The van der Waals surface area contributed by atoms with Crippen LogP contribution >= 0.6 is 23.3 Å². The second-order valence-electron chi connectivity index (χ2n) is 4.62. The first-order valence-corrected chi connectivity index (χ1v) is 7.98. The molecule has 2 aromatic heterocycles. The largest absolute Gasteiger partial charge is 0.228 e. The smallest absolute Gasteiger partial charge is 0.173 e. The van der Waals surface area contributed by atoms with Crippen molar-refractivity contribution in [1.82, 2.24) is 19.2 Å². The third-order valence-corrected chi connectivity index (χ3v) is 4.49. The Kier molecular flexibility index (Phi) is 3.84. The summed E-state index contributed by atoms with van der Waals surface area (Å²) < 4.78 is 2.73. The van der Waals surface area contributed by atoms with Crippen molar-refractivity contribution in [2.24, 2.45) is 0 Å². The molecule has 6 heteroatoms. The highest BCUT2D eigenvalue weighted by atomic mass is 32.2. The van der Waals surface area contributed by atoms with Crippen molar-refractivity contribution in [3.63, 3.8) is 0 Å². The summed E-state index contributed by atoms with van der Waals surface area (Å²) in [6.45, 7) is 4.17. The molecule has 0 spiro atoms. The Morgan fingerprint density at radius 2 is 2.00 bits per heavy atom. The molecule has 3 rings (SSSR count). The first-order chi connectivity index (χ1) is 9.72. The number of hydrogen-bond acceptors (Lipinski definition) is 5. The van der Waals surface area contributed by atoms with Gasteiger partial charge in [-0.3, -0.25) is 0 Å². The average Bonchev–Trinajstić information content (AvgIpc) is 3.10. The topological polar surface area (TPSA) is 43.6 Å². The summed E-state index contributed by atoms with van der Waals surface area (Å²) in [5.41, 5.74) is 2.14. The highest BCUT2D eigenvalue weighted by Gasteiger charge is 2.09. The van der Waals surface area contributed by atoms with E-state index in [1.54, 1.807) is 21.8 Å². The van der Waals surface area contributed by atoms with Gasteiger partial charge in [0.05, 0.1) is 5.69 Å². The lowest BCUT2D eigenvalue weighted by Gasteiger charge is -1.97. The van der Waals surface area contributed by atoms with Gasteiger partial charge in [-0.2, -0.15) is 4.09 Å². The van der Waals surface area contributed by atoms with Gasteiger partial charge in [0.25, 0.3) is 0 Å². The van der Waals surface area contributed by atoms with Crippen molar-refractivity contribution >= 4 is 23.3 Å². The zero-order chi connectivity index (χ0) is 13.9. The van der Waals surface area contributed by atoms with E-state index in [0.717, 1.165) is 21.4 Å². The van der Waals surface area contributed by atoms with Gasteiger partial charge in [-0.05, 0) is 0 Å². The first kappa shape index (κ1) is 13.3. The molecule has 0 saturated carbocycles. The minimum atomic E-state index is 0.341. The van der Waals surface area contributed by atoms with Crippen LogP contribution in [-0.4, -0.2) is 19.2 Å². The van der Waals surface area contributed by atoms with Crippen LogP contribution < -0.4 is 0 Å². The molecule has 0 aliphatic rings. The summed E-state index contributed by atoms with van der Waals surface area (Å²) in [6.07, 6.45) is 1.74. The van der Waals surface area contributed by atoms with Crippen LogP contribution in [-0.2, 0) is 0 Å². The fourth-order valence-corrected chi connectivity index (χ4v) is 3.31. The molecule has 20 heavy (non-hydrogen) atoms. The van der Waals surface area contributed by atoms with E-state index in [1.165, 1.54) is 11.9 Å². The third-order valence-electron chi connectivity index (χ3n) is 2.73. The van der Waals surface area contributed by atoms with Crippen LogP contribution in [0.2, 0.25) is 0 Å². The van der Waals surface area contributed by atoms with Gasteiger partial charge in [0.2, 0.25) is 0 Å². The van der Waals surface area contributed by atoms with Crippen molar-refractivity contribution in [1.29, 1.82) is 0 Å². The Morgan fingerprint density at radius 3 is 2.70 bits per heavy atom. The van der Waals surface area contributed by atoms with Gasteiger partial charge in [0.1, 0.15) is 6.33 Å². The molecule has 0 atom stereocenters. The average molecular weight is 302 g/mol. The minimum absolute atomic E-state index is 0.341. The zero-order valence-corrected chi connectivity index (χ0v) is 12.9. The molecule has 102 valence electrons. The van der Waals surface area contributed by atoms with Crippen molar-refractivity contribution in [2.45, 2.75) is 24.1 Å². The normalized spacial score (nSPS) is 11.2. The van der Waals surface area contributed by atoms with E-state index < -0.39 is 0 Å². The Hall–Kier alpha value is -1.66. The lowest BCUT2D eigenvalue weighted by molar-refractivity contribution is 0.774. The maximum Gasteiger partial charge on any atom is 0.173 e. The molecule has 0 N–H and O–H groups in total. The maximum absolute atomic E-state index is 4.62. The Bertz CT molecular complexity index is 688. The molecule has 0 saturated heterocycles. The number of benzene rings is 1. The number of nitrogens with zero attached hydrogens (tertiary/aromatic N) is 4. The minimum Gasteiger partial charge on any atom is -0.228 e. The van der Waals surface area contributed by atoms with E-state index >= 15 is 0 Å².